The van der Waals surface area contributed by atoms with E-state index >= 15 is 0 Å². The fourth-order valence-corrected chi connectivity index (χ4v) is 2.92. The predicted molar refractivity (Wildman–Crippen MR) is 76.0 cm³/mol. The van der Waals surface area contributed by atoms with Crippen molar-refractivity contribution < 1.29 is 18.3 Å². The second-order valence-corrected chi connectivity index (χ2v) is 7.66. The Kier molecular flexibility index (Phi) is 7.90. The highest BCUT2D eigenvalue weighted by molar-refractivity contribution is 7.91. The molecule has 114 valence electrons. The Labute approximate surface area is 116 Å². The first-order valence-corrected chi connectivity index (χ1v) is 9.06. The van der Waals surface area contributed by atoms with E-state index in [1.807, 2.05) is 0 Å². The molecule has 1 atom stereocenters. The number of ether oxygens (including phenoxy) is 1. The Balaban J connectivity index is 2.02. The van der Waals surface area contributed by atoms with Crippen LogP contribution >= 0.6 is 0 Å². The van der Waals surface area contributed by atoms with Gasteiger partial charge in [-0.05, 0) is 12.8 Å². The van der Waals surface area contributed by atoms with E-state index in [4.69, 9.17) is 4.74 Å². The summed E-state index contributed by atoms with van der Waals surface area (Å²) in [5, 5.41) is 12.7. The van der Waals surface area contributed by atoms with Gasteiger partial charge in [0.15, 0.2) is 9.84 Å². The molecule has 19 heavy (non-hydrogen) atoms. The van der Waals surface area contributed by atoms with E-state index in [2.05, 4.69) is 5.32 Å². The lowest BCUT2D eigenvalue weighted by Gasteiger charge is -2.23. The van der Waals surface area contributed by atoms with Gasteiger partial charge in [0.2, 0.25) is 0 Å². The topological polar surface area (TPSA) is 75.6 Å². The molecule has 0 heterocycles. The number of aliphatic hydroxyl groups excluding tert-OH is 1. The van der Waals surface area contributed by atoms with E-state index in [0.717, 1.165) is 12.8 Å². The van der Waals surface area contributed by atoms with Crippen LogP contribution in [0.15, 0.2) is 0 Å². The molecule has 6 heteroatoms. The molecule has 0 spiro atoms. The molecule has 0 aliphatic heterocycles. The molecule has 0 bridgehead atoms. The molecule has 1 saturated carbocycles. The van der Waals surface area contributed by atoms with Gasteiger partial charge in [-0.25, -0.2) is 8.42 Å². The van der Waals surface area contributed by atoms with Gasteiger partial charge in [0.1, 0.15) is 0 Å². The average Bonchev–Trinajstić information content (AvgIpc) is 2.42. The summed E-state index contributed by atoms with van der Waals surface area (Å²) in [5.41, 5.74) is 0. The van der Waals surface area contributed by atoms with Gasteiger partial charge in [-0.2, -0.15) is 0 Å². The van der Waals surface area contributed by atoms with Crippen LogP contribution in [0, 0.1) is 0 Å². The van der Waals surface area contributed by atoms with Gasteiger partial charge in [-0.15, -0.1) is 0 Å². The summed E-state index contributed by atoms with van der Waals surface area (Å²) in [6, 6.07) is 0. The number of aliphatic hydroxyl groups is 1. The fraction of sp³-hybridized carbons (Fsp3) is 1.00. The van der Waals surface area contributed by atoms with Crippen LogP contribution < -0.4 is 5.32 Å². The Morgan fingerprint density at radius 1 is 1.32 bits per heavy atom. The molecule has 1 fully saturated rings. The van der Waals surface area contributed by atoms with Crippen LogP contribution in [0.3, 0.4) is 0 Å². The maximum atomic E-state index is 11.2. The molecular formula is C13H27NO4S. The van der Waals surface area contributed by atoms with Crippen molar-refractivity contribution in [1.82, 2.24) is 5.32 Å². The molecular weight excluding hydrogens is 266 g/mol. The van der Waals surface area contributed by atoms with Gasteiger partial charge in [0.05, 0.1) is 24.6 Å². The molecule has 0 aromatic rings. The van der Waals surface area contributed by atoms with Crippen molar-refractivity contribution in [3.63, 3.8) is 0 Å². The lowest BCUT2D eigenvalue weighted by Crippen LogP contribution is -2.34. The van der Waals surface area contributed by atoms with Crippen molar-refractivity contribution in [3.8, 4) is 0 Å². The van der Waals surface area contributed by atoms with Gasteiger partial charge in [0, 0.05) is 18.8 Å². The average molecular weight is 293 g/mol. The molecule has 0 amide bonds. The van der Waals surface area contributed by atoms with Crippen molar-refractivity contribution in [3.05, 3.63) is 0 Å². The quantitative estimate of drug-likeness (QED) is 0.613. The number of nitrogens with one attached hydrogen (secondary N) is 1. The summed E-state index contributed by atoms with van der Waals surface area (Å²) in [4.78, 5) is 0. The van der Waals surface area contributed by atoms with Gasteiger partial charge in [-0.3, -0.25) is 0 Å². The lowest BCUT2D eigenvalue weighted by atomic mass is 9.98. The molecule has 0 aromatic heterocycles. The molecule has 1 aliphatic carbocycles. The second-order valence-electron chi connectivity index (χ2n) is 5.19. The third kappa shape index (κ3) is 7.87. The minimum absolute atomic E-state index is 0.125. The second kappa shape index (κ2) is 8.89. The Bertz CT molecular complexity index is 326. The third-order valence-electron chi connectivity index (χ3n) is 3.49. The normalized spacial score (nSPS) is 19.5. The van der Waals surface area contributed by atoms with E-state index < -0.39 is 15.9 Å². The molecule has 1 aliphatic rings. The molecule has 0 aromatic carbocycles. The van der Waals surface area contributed by atoms with Gasteiger partial charge < -0.3 is 15.2 Å². The Morgan fingerprint density at radius 3 is 2.63 bits per heavy atom. The van der Waals surface area contributed by atoms with Crippen LogP contribution in [0.5, 0.6) is 0 Å². The van der Waals surface area contributed by atoms with Crippen molar-refractivity contribution in [1.29, 1.82) is 0 Å². The van der Waals surface area contributed by atoms with E-state index in [-0.39, 0.29) is 11.5 Å². The SMILES string of the molecule is CCS(=O)(=O)CCNCC(O)COC1CCCCC1. The maximum absolute atomic E-state index is 11.2. The summed E-state index contributed by atoms with van der Waals surface area (Å²) in [7, 11) is -2.92. The summed E-state index contributed by atoms with van der Waals surface area (Å²) < 4.78 is 28.2. The zero-order chi connectivity index (χ0) is 14.1. The molecule has 0 saturated heterocycles. The largest absolute Gasteiger partial charge is 0.389 e. The molecule has 5 nitrogen and oxygen atoms in total. The van der Waals surface area contributed by atoms with Gasteiger partial charge >= 0.3 is 0 Å². The highest BCUT2D eigenvalue weighted by atomic mass is 32.2. The first-order valence-electron chi connectivity index (χ1n) is 7.24. The minimum atomic E-state index is -2.92. The monoisotopic (exact) mass is 293 g/mol. The smallest absolute Gasteiger partial charge is 0.151 e. The summed E-state index contributed by atoms with van der Waals surface area (Å²) >= 11 is 0. The molecule has 0 radical (unpaired) electrons. The van der Waals surface area contributed by atoms with Crippen LogP contribution in [-0.2, 0) is 14.6 Å². The zero-order valence-electron chi connectivity index (χ0n) is 11.8. The highest BCUT2D eigenvalue weighted by Crippen LogP contribution is 2.20. The Morgan fingerprint density at radius 2 is 2.00 bits per heavy atom. The first kappa shape index (κ1) is 16.9. The third-order valence-corrected chi connectivity index (χ3v) is 5.19. The maximum Gasteiger partial charge on any atom is 0.151 e. The van der Waals surface area contributed by atoms with Gasteiger partial charge in [0.25, 0.3) is 0 Å². The van der Waals surface area contributed by atoms with Crippen LogP contribution in [0.25, 0.3) is 0 Å². The number of hydrogen-bond donors (Lipinski definition) is 2. The van der Waals surface area contributed by atoms with Crippen LogP contribution in [-0.4, -0.2) is 56.9 Å². The summed E-state index contributed by atoms with van der Waals surface area (Å²) in [6.45, 7) is 2.74. The van der Waals surface area contributed by atoms with Crippen molar-refractivity contribution >= 4 is 9.84 Å². The first-order chi connectivity index (χ1) is 9.03. The molecule has 1 rings (SSSR count). The Hall–Kier alpha value is -0.170. The number of hydrogen-bond acceptors (Lipinski definition) is 5. The van der Waals surface area contributed by atoms with Crippen LogP contribution in [0.4, 0.5) is 0 Å². The molecule has 2 N–H and O–H groups in total. The van der Waals surface area contributed by atoms with E-state index in [0.29, 0.717) is 25.8 Å². The van der Waals surface area contributed by atoms with Crippen molar-refractivity contribution in [2.45, 2.75) is 51.2 Å². The standard InChI is InChI=1S/C13H27NO4S/c1-2-19(16,17)9-8-14-10-12(15)11-18-13-6-4-3-5-7-13/h12-15H,2-11H2,1H3. The number of sulfone groups is 1. The lowest BCUT2D eigenvalue weighted by molar-refractivity contribution is -0.0228. The van der Waals surface area contributed by atoms with Crippen LogP contribution in [0.1, 0.15) is 39.0 Å². The predicted octanol–water partition coefficient (Wildman–Crippen LogP) is 0.721. The van der Waals surface area contributed by atoms with E-state index in [9.17, 15) is 13.5 Å². The summed E-state index contributed by atoms with van der Waals surface area (Å²) in [6.07, 6.45) is 5.64. The van der Waals surface area contributed by atoms with Crippen molar-refractivity contribution in [2.24, 2.45) is 0 Å². The van der Waals surface area contributed by atoms with E-state index in [1.165, 1.54) is 19.3 Å². The fourth-order valence-electron chi connectivity index (χ4n) is 2.18. The zero-order valence-corrected chi connectivity index (χ0v) is 12.6. The highest BCUT2D eigenvalue weighted by Gasteiger charge is 2.15. The van der Waals surface area contributed by atoms with E-state index in [1.54, 1.807) is 6.92 Å². The summed E-state index contributed by atoms with van der Waals surface area (Å²) in [5.74, 6) is 0.293. The van der Waals surface area contributed by atoms with Crippen molar-refractivity contribution in [2.75, 3.05) is 31.2 Å². The molecule has 1 unspecified atom stereocenters. The number of rotatable bonds is 9. The van der Waals surface area contributed by atoms with Crippen LogP contribution in [0.2, 0.25) is 0 Å². The van der Waals surface area contributed by atoms with Gasteiger partial charge in [-0.1, -0.05) is 26.2 Å². The minimum Gasteiger partial charge on any atom is -0.389 e.